The van der Waals surface area contributed by atoms with Gasteiger partial charge in [-0.2, -0.15) is 4.68 Å². The number of nitrogens with one attached hydrogen (secondary N) is 1. The van der Waals surface area contributed by atoms with Gasteiger partial charge >= 0.3 is 0 Å². The van der Waals surface area contributed by atoms with Gasteiger partial charge in [-0.3, -0.25) is 4.79 Å². The number of anilines is 1. The maximum atomic E-state index is 12.3. The van der Waals surface area contributed by atoms with Crippen molar-refractivity contribution in [2.24, 2.45) is 0 Å². The number of carbonyl (C=O) groups excluding carboxylic acids is 1. The molecule has 0 bridgehead atoms. The van der Waals surface area contributed by atoms with Crippen molar-refractivity contribution in [3.8, 4) is 28.7 Å². The highest BCUT2D eigenvalue weighted by Gasteiger charge is 2.18. The first-order chi connectivity index (χ1) is 13.8. The molecule has 5 rings (SSSR count). The van der Waals surface area contributed by atoms with Gasteiger partial charge in [0.05, 0.1) is 11.4 Å². The quantitative estimate of drug-likeness (QED) is 0.643. The van der Waals surface area contributed by atoms with Crippen LogP contribution >= 0.6 is 11.8 Å². The van der Waals surface area contributed by atoms with Gasteiger partial charge < -0.3 is 24.3 Å². The fourth-order valence-corrected chi connectivity index (χ4v) is 3.44. The summed E-state index contributed by atoms with van der Waals surface area (Å²) in [4.78, 5) is 12.3. The number of thioether (sulfide) groups is 1. The third-order valence-electron chi connectivity index (χ3n) is 4.03. The van der Waals surface area contributed by atoms with Crippen LogP contribution in [-0.2, 0) is 4.79 Å². The Morgan fingerprint density at radius 3 is 2.54 bits per heavy atom. The molecule has 3 heterocycles. The van der Waals surface area contributed by atoms with E-state index in [1.165, 1.54) is 11.8 Å². The van der Waals surface area contributed by atoms with E-state index < -0.39 is 0 Å². The predicted octanol–water partition coefficient (Wildman–Crippen LogP) is 1.85. The number of amides is 1. The molecule has 2 aromatic carbocycles. The number of carbonyl (C=O) groups is 1. The Balaban J connectivity index is 1.25. The molecule has 1 N–H and O–H groups in total. The lowest BCUT2D eigenvalue weighted by Gasteiger charge is -2.07. The largest absolute Gasteiger partial charge is 0.454 e. The van der Waals surface area contributed by atoms with Crippen LogP contribution in [0.25, 0.3) is 5.69 Å². The Hall–Kier alpha value is -3.47. The monoisotopic (exact) mass is 399 g/mol. The van der Waals surface area contributed by atoms with Gasteiger partial charge in [0, 0.05) is 17.8 Å². The van der Waals surface area contributed by atoms with E-state index in [1.807, 2.05) is 6.07 Å². The van der Waals surface area contributed by atoms with Crippen LogP contribution in [0.4, 0.5) is 5.69 Å². The first-order valence-electron chi connectivity index (χ1n) is 8.27. The highest BCUT2D eigenvalue weighted by atomic mass is 32.2. The van der Waals surface area contributed by atoms with Crippen molar-refractivity contribution < 1.29 is 23.7 Å². The maximum absolute atomic E-state index is 12.3. The van der Waals surface area contributed by atoms with Crippen LogP contribution < -0.4 is 24.3 Å². The summed E-state index contributed by atoms with van der Waals surface area (Å²) >= 11 is 1.22. The summed E-state index contributed by atoms with van der Waals surface area (Å²) in [5.74, 6) is 2.52. The number of rotatable bonds is 5. The fourth-order valence-electron chi connectivity index (χ4n) is 2.75. The molecule has 3 aromatic rings. The van der Waals surface area contributed by atoms with E-state index in [4.69, 9.17) is 18.9 Å². The van der Waals surface area contributed by atoms with Crippen molar-refractivity contribution in [3.05, 3.63) is 36.4 Å². The number of hydrogen-bond donors (Lipinski definition) is 1. The molecule has 0 unspecified atom stereocenters. The van der Waals surface area contributed by atoms with Gasteiger partial charge in [-0.15, -0.1) is 5.10 Å². The fraction of sp³-hybridized carbons (Fsp3) is 0.176. The second kappa shape index (κ2) is 6.93. The predicted molar refractivity (Wildman–Crippen MR) is 97.2 cm³/mol. The first kappa shape index (κ1) is 16.7. The zero-order valence-electron chi connectivity index (χ0n) is 14.3. The number of fused-ring (bicyclic) bond motifs is 2. The van der Waals surface area contributed by atoms with E-state index in [0.29, 0.717) is 39.5 Å². The van der Waals surface area contributed by atoms with E-state index in [1.54, 1.807) is 35.0 Å². The zero-order chi connectivity index (χ0) is 18.9. The summed E-state index contributed by atoms with van der Waals surface area (Å²) < 4.78 is 22.8. The van der Waals surface area contributed by atoms with Crippen molar-refractivity contribution >= 4 is 23.4 Å². The van der Waals surface area contributed by atoms with Gasteiger partial charge in [0.2, 0.25) is 24.6 Å². The lowest BCUT2D eigenvalue weighted by Crippen LogP contribution is -2.14. The summed E-state index contributed by atoms with van der Waals surface area (Å²) in [7, 11) is 0. The average molecular weight is 399 g/mol. The smallest absolute Gasteiger partial charge is 0.234 e. The molecule has 11 heteroatoms. The van der Waals surface area contributed by atoms with Gasteiger partial charge in [0.15, 0.2) is 23.0 Å². The SMILES string of the molecule is O=C(CSc1nnnn1-c1ccc2c(c1)OCO2)Nc1ccc2c(c1)OCO2. The summed E-state index contributed by atoms with van der Waals surface area (Å²) in [6.07, 6.45) is 0. The first-order valence-corrected chi connectivity index (χ1v) is 9.25. The van der Waals surface area contributed by atoms with Crippen LogP contribution in [0.15, 0.2) is 41.6 Å². The molecule has 1 amide bonds. The van der Waals surface area contributed by atoms with Crippen LogP contribution in [0, 0.1) is 0 Å². The molecule has 0 aliphatic carbocycles. The van der Waals surface area contributed by atoms with Gasteiger partial charge in [-0.25, -0.2) is 0 Å². The van der Waals surface area contributed by atoms with Crippen molar-refractivity contribution in [1.29, 1.82) is 0 Å². The Labute approximate surface area is 162 Å². The van der Waals surface area contributed by atoms with Crippen LogP contribution in [0.3, 0.4) is 0 Å². The second-order valence-corrected chi connectivity index (χ2v) is 6.76. The number of aromatic nitrogens is 4. The highest BCUT2D eigenvalue weighted by molar-refractivity contribution is 7.99. The molecule has 2 aliphatic heterocycles. The number of nitrogens with zero attached hydrogens (tertiary/aromatic N) is 4. The van der Waals surface area contributed by atoms with E-state index in [0.717, 1.165) is 0 Å². The van der Waals surface area contributed by atoms with Crippen LogP contribution in [0.5, 0.6) is 23.0 Å². The molecule has 1 aromatic heterocycles. The Bertz CT molecular complexity index is 1060. The molecule has 0 radical (unpaired) electrons. The number of benzene rings is 2. The van der Waals surface area contributed by atoms with Crippen molar-refractivity contribution in [2.75, 3.05) is 24.7 Å². The number of ether oxygens (including phenoxy) is 4. The lowest BCUT2D eigenvalue weighted by molar-refractivity contribution is -0.113. The van der Waals surface area contributed by atoms with E-state index in [2.05, 4.69) is 20.8 Å². The van der Waals surface area contributed by atoms with Crippen molar-refractivity contribution in [1.82, 2.24) is 20.2 Å². The third-order valence-corrected chi connectivity index (χ3v) is 4.95. The number of hydrogen-bond acceptors (Lipinski definition) is 9. The van der Waals surface area contributed by atoms with Crippen LogP contribution in [-0.4, -0.2) is 45.5 Å². The molecular formula is C17H13N5O5S. The van der Waals surface area contributed by atoms with Gasteiger partial charge in [0.25, 0.3) is 0 Å². The molecule has 0 saturated carbocycles. The van der Waals surface area contributed by atoms with Crippen LogP contribution in [0.2, 0.25) is 0 Å². The minimum absolute atomic E-state index is 0.138. The molecule has 0 saturated heterocycles. The summed E-state index contributed by atoms with van der Waals surface area (Å²) in [5, 5.41) is 15.0. The van der Waals surface area contributed by atoms with E-state index in [-0.39, 0.29) is 25.2 Å². The van der Waals surface area contributed by atoms with Gasteiger partial charge in [-0.1, -0.05) is 11.8 Å². The van der Waals surface area contributed by atoms with Crippen LogP contribution in [0.1, 0.15) is 0 Å². The maximum Gasteiger partial charge on any atom is 0.234 e. The van der Waals surface area contributed by atoms with Gasteiger partial charge in [0.1, 0.15) is 0 Å². The molecule has 0 spiro atoms. The molecule has 2 aliphatic rings. The molecule has 10 nitrogen and oxygen atoms in total. The zero-order valence-corrected chi connectivity index (χ0v) is 15.1. The normalized spacial score (nSPS) is 13.6. The minimum atomic E-state index is -0.191. The molecular weight excluding hydrogens is 386 g/mol. The summed E-state index contributed by atoms with van der Waals surface area (Å²) in [6, 6.07) is 10.6. The Morgan fingerprint density at radius 1 is 1.00 bits per heavy atom. The Morgan fingerprint density at radius 2 is 1.71 bits per heavy atom. The van der Waals surface area contributed by atoms with Crippen molar-refractivity contribution in [3.63, 3.8) is 0 Å². The van der Waals surface area contributed by atoms with Crippen molar-refractivity contribution in [2.45, 2.75) is 5.16 Å². The second-order valence-electron chi connectivity index (χ2n) is 5.82. The lowest BCUT2D eigenvalue weighted by atomic mass is 10.3. The summed E-state index contributed by atoms with van der Waals surface area (Å²) in [5.41, 5.74) is 1.35. The molecule has 28 heavy (non-hydrogen) atoms. The van der Waals surface area contributed by atoms with Gasteiger partial charge in [-0.05, 0) is 34.7 Å². The highest BCUT2D eigenvalue weighted by Crippen LogP contribution is 2.35. The molecule has 142 valence electrons. The Kier molecular flexibility index (Phi) is 4.13. The molecule has 0 atom stereocenters. The topological polar surface area (TPSA) is 110 Å². The third kappa shape index (κ3) is 3.16. The minimum Gasteiger partial charge on any atom is -0.454 e. The molecule has 0 fully saturated rings. The average Bonchev–Trinajstić information content (AvgIpc) is 3.44. The summed E-state index contributed by atoms with van der Waals surface area (Å²) in [6.45, 7) is 0.376. The standard InChI is InChI=1S/C17H13N5O5S/c23-16(18-10-1-3-12-14(5-10)26-8-24-12)7-28-17-19-20-21-22(17)11-2-4-13-15(6-11)27-9-25-13/h1-6H,7-9H2,(H,18,23). The number of tetrazole rings is 1. The van der Waals surface area contributed by atoms with E-state index in [9.17, 15) is 4.79 Å². The van der Waals surface area contributed by atoms with E-state index >= 15 is 0 Å².